The zero-order chi connectivity index (χ0) is 14.5. The third kappa shape index (κ3) is 4.30. The predicted molar refractivity (Wildman–Crippen MR) is 85.8 cm³/mol. The predicted octanol–water partition coefficient (Wildman–Crippen LogP) is 4.61. The minimum Gasteiger partial charge on any atom is -0.316 e. The highest BCUT2D eigenvalue weighted by Crippen LogP contribution is 2.20. The van der Waals surface area contributed by atoms with Gasteiger partial charge >= 0.3 is 0 Å². The van der Waals surface area contributed by atoms with Crippen molar-refractivity contribution in [2.75, 3.05) is 7.05 Å². The summed E-state index contributed by atoms with van der Waals surface area (Å²) in [7, 11) is 1.93. The third-order valence-electron chi connectivity index (χ3n) is 3.26. The molecule has 0 radical (unpaired) electrons. The molecule has 0 heterocycles. The van der Waals surface area contributed by atoms with Crippen molar-refractivity contribution in [1.29, 1.82) is 0 Å². The van der Waals surface area contributed by atoms with Gasteiger partial charge < -0.3 is 5.32 Å². The summed E-state index contributed by atoms with van der Waals surface area (Å²) >= 11 is 9.56. The van der Waals surface area contributed by atoms with Crippen LogP contribution in [0.25, 0.3) is 0 Å². The van der Waals surface area contributed by atoms with Crippen LogP contribution in [-0.4, -0.2) is 13.1 Å². The van der Waals surface area contributed by atoms with Gasteiger partial charge in [-0.3, -0.25) is 0 Å². The Bertz CT molecular complexity index is 588. The second-order valence-electron chi connectivity index (χ2n) is 4.76. The summed E-state index contributed by atoms with van der Waals surface area (Å²) in [6, 6.07) is 13.1. The van der Waals surface area contributed by atoms with Gasteiger partial charge in [0.2, 0.25) is 0 Å². The molecule has 1 unspecified atom stereocenters. The lowest BCUT2D eigenvalue weighted by molar-refractivity contribution is 0.555. The molecule has 0 saturated carbocycles. The van der Waals surface area contributed by atoms with Crippen molar-refractivity contribution in [3.05, 3.63) is 68.9 Å². The maximum absolute atomic E-state index is 13.1. The largest absolute Gasteiger partial charge is 0.316 e. The summed E-state index contributed by atoms with van der Waals surface area (Å²) in [5.74, 6) is -0.299. The number of likely N-dealkylation sites (N-methyl/N-ethyl adjacent to an activating group) is 1. The molecule has 0 amide bonds. The van der Waals surface area contributed by atoms with Crippen LogP contribution in [0.15, 0.2) is 46.9 Å². The smallest absolute Gasteiger partial charge is 0.124 e. The molecule has 0 aliphatic rings. The Kier molecular flexibility index (Phi) is 5.58. The first-order valence-electron chi connectivity index (χ1n) is 6.44. The molecule has 1 nitrogen and oxygen atoms in total. The van der Waals surface area contributed by atoms with Crippen molar-refractivity contribution in [2.24, 2.45) is 0 Å². The Morgan fingerprint density at radius 3 is 2.65 bits per heavy atom. The summed E-state index contributed by atoms with van der Waals surface area (Å²) in [5.41, 5.74) is 2.21. The number of rotatable bonds is 5. The minimum absolute atomic E-state index is 0.257. The van der Waals surface area contributed by atoms with Gasteiger partial charge in [0.25, 0.3) is 0 Å². The van der Waals surface area contributed by atoms with Gasteiger partial charge in [0.05, 0.1) is 0 Å². The van der Waals surface area contributed by atoms with Gasteiger partial charge in [0, 0.05) is 15.5 Å². The van der Waals surface area contributed by atoms with Crippen LogP contribution in [-0.2, 0) is 12.8 Å². The molecular weight excluding hydrogens is 341 g/mol. The first kappa shape index (κ1) is 15.5. The SMILES string of the molecule is CNC(Cc1cccc(Br)c1)Cc1ccc(F)cc1Cl. The summed E-state index contributed by atoms with van der Waals surface area (Å²) in [4.78, 5) is 0. The standard InChI is InChI=1S/C16H16BrClFN/c1-20-15(8-11-3-2-4-13(17)7-11)9-12-5-6-14(19)10-16(12)18/h2-7,10,15,20H,8-9H2,1H3. The van der Waals surface area contributed by atoms with Crippen molar-refractivity contribution in [2.45, 2.75) is 18.9 Å². The number of hydrogen-bond donors (Lipinski definition) is 1. The molecule has 20 heavy (non-hydrogen) atoms. The van der Waals surface area contributed by atoms with E-state index in [0.717, 1.165) is 22.9 Å². The van der Waals surface area contributed by atoms with Crippen LogP contribution in [0.1, 0.15) is 11.1 Å². The van der Waals surface area contributed by atoms with Crippen molar-refractivity contribution in [3.8, 4) is 0 Å². The van der Waals surface area contributed by atoms with E-state index >= 15 is 0 Å². The number of hydrogen-bond acceptors (Lipinski definition) is 1. The van der Waals surface area contributed by atoms with Gasteiger partial charge in [-0.15, -0.1) is 0 Å². The Balaban J connectivity index is 2.09. The van der Waals surface area contributed by atoms with Crippen molar-refractivity contribution >= 4 is 27.5 Å². The molecule has 1 atom stereocenters. The van der Waals surface area contributed by atoms with Gasteiger partial charge in [-0.25, -0.2) is 4.39 Å². The molecule has 0 fully saturated rings. The van der Waals surface area contributed by atoms with E-state index < -0.39 is 0 Å². The number of benzene rings is 2. The van der Waals surface area contributed by atoms with Crippen LogP contribution in [0, 0.1) is 5.82 Å². The molecule has 0 spiro atoms. The first-order chi connectivity index (χ1) is 9.58. The summed E-state index contributed by atoms with van der Waals surface area (Å²) in [5, 5.41) is 3.78. The van der Waals surface area contributed by atoms with Crippen molar-refractivity contribution < 1.29 is 4.39 Å². The van der Waals surface area contributed by atoms with E-state index in [1.165, 1.54) is 17.7 Å². The van der Waals surface area contributed by atoms with Crippen LogP contribution in [0.2, 0.25) is 5.02 Å². The molecule has 4 heteroatoms. The molecule has 0 aliphatic heterocycles. The topological polar surface area (TPSA) is 12.0 Å². The molecule has 2 rings (SSSR count). The summed E-state index contributed by atoms with van der Waals surface area (Å²) in [6.07, 6.45) is 1.66. The Morgan fingerprint density at radius 1 is 1.20 bits per heavy atom. The fraction of sp³-hybridized carbons (Fsp3) is 0.250. The van der Waals surface area contributed by atoms with E-state index in [9.17, 15) is 4.39 Å². The lowest BCUT2D eigenvalue weighted by Gasteiger charge is -2.17. The van der Waals surface area contributed by atoms with Gasteiger partial charge in [0.15, 0.2) is 0 Å². The fourth-order valence-corrected chi connectivity index (χ4v) is 2.87. The highest BCUT2D eigenvalue weighted by atomic mass is 79.9. The molecule has 1 N–H and O–H groups in total. The zero-order valence-electron chi connectivity index (χ0n) is 11.2. The molecule has 0 saturated heterocycles. The highest BCUT2D eigenvalue weighted by molar-refractivity contribution is 9.10. The lowest BCUT2D eigenvalue weighted by atomic mass is 9.99. The Morgan fingerprint density at radius 2 is 2.00 bits per heavy atom. The summed E-state index contributed by atoms with van der Waals surface area (Å²) < 4.78 is 14.1. The number of halogens is 3. The molecule has 0 aliphatic carbocycles. The third-order valence-corrected chi connectivity index (χ3v) is 4.11. The van der Waals surface area contributed by atoms with Gasteiger partial charge in [-0.1, -0.05) is 45.7 Å². The monoisotopic (exact) mass is 355 g/mol. The zero-order valence-corrected chi connectivity index (χ0v) is 13.5. The molecule has 0 bridgehead atoms. The van der Waals surface area contributed by atoms with Gasteiger partial charge in [0.1, 0.15) is 5.82 Å². The van der Waals surface area contributed by atoms with Gasteiger partial charge in [-0.2, -0.15) is 0 Å². The molecule has 106 valence electrons. The second-order valence-corrected chi connectivity index (χ2v) is 6.08. The van der Waals surface area contributed by atoms with E-state index in [-0.39, 0.29) is 11.9 Å². The van der Waals surface area contributed by atoms with Crippen LogP contribution >= 0.6 is 27.5 Å². The molecule has 0 aromatic heterocycles. The van der Waals surface area contributed by atoms with E-state index in [2.05, 4.69) is 33.4 Å². The Hall–Kier alpha value is -0.900. The van der Waals surface area contributed by atoms with E-state index in [1.807, 2.05) is 19.2 Å². The van der Waals surface area contributed by atoms with Crippen LogP contribution in [0.4, 0.5) is 4.39 Å². The summed E-state index contributed by atoms with van der Waals surface area (Å²) in [6.45, 7) is 0. The maximum Gasteiger partial charge on any atom is 0.124 e. The van der Waals surface area contributed by atoms with Crippen LogP contribution in [0.3, 0.4) is 0 Å². The Labute approximate surface area is 132 Å². The minimum atomic E-state index is -0.299. The molecule has 2 aromatic rings. The molecular formula is C16H16BrClFN. The second kappa shape index (κ2) is 7.21. The maximum atomic E-state index is 13.1. The molecule has 2 aromatic carbocycles. The fourth-order valence-electron chi connectivity index (χ4n) is 2.18. The average Bonchev–Trinajstić information content (AvgIpc) is 2.41. The normalized spacial score (nSPS) is 12.4. The average molecular weight is 357 g/mol. The quantitative estimate of drug-likeness (QED) is 0.824. The first-order valence-corrected chi connectivity index (χ1v) is 7.61. The van der Waals surface area contributed by atoms with Crippen LogP contribution in [0.5, 0.6) is 0 Å². The lowest BCUT2D eigenvalue weighted by Crippen LogP contribution is -2.30. The van der Waals surface area contributed by atoms with Crippen molar-refractivity contribution in [1.82, 2.24) is 5.32 Å². The van der Waals surface area contributed by atoms with E-state index in [4.69, 9.17) is 11.6 Å². The van der Waals surface area contributed by atoms with Gasteiger partial charge in [-0.05, 0) is 55.3 Å². The number of nitrogens with one attached hydrogen (secondary N) is 1. The van der Waals surface area contributed by atoms with E-state index in [0.29, 0.717) is 5.02 Å². The van der Waals surface area contributed by atoms with Crippen LogP contribution < -0.4 is 5.32 Å². The van der Waals surface area contributed by atoms with E-state index in [1.54, 1.807) is 6.07 Å². The van der Waals surface area contributed by atoms with Crippen molar-refractivity contribution in [3.63, 3.8) is 0 Å². The highest BCUT2D eigenvalue weighted by Gasteiger charge is 2.11.